The number of ether oxygens (including phenoxy) is 3. The van der Waals surface area contributed by atoms with Crippen LogP contribution in [0.4, 0.5) is 0 Å². The van der Waals surface area contributed by atoms with Gasteiger partial charge in [0.2, 0.25) is 0 Å². The van der Waals surface area contributed by atoms with Crippen molar-refractivity contribution in [2.24, 2.45) is 0 Å². The highest BCUT2D eigenvalue weighted by Gasteiger charge is 2.31. The number of likely N-dealkylation sites (N-methyl/N-ethyl adjacent to an activating group) is 1. The molecule has 65 heavy (non-hydrogen) atoms. The van der Waals surface area contributed by atoms with Crippen LogP contribution in [0.1, 0.15) is 194 Å². The third kappa shape index (κ3) is 45.2. The van der Waals surface area contributed by atoms with Gasteiger partial charge < -0.3 is 23.8 Å². The fraction of sp³-hybridized carbons (Fsp3) is 0.667. The number of carboxylic acids is 1. The Morgan fingerprint density at radius 1 is 0.492 bits per heavy atom. The number of carboxylic acid groups (broad SMARTS) is 1. The van der Waals surface area contributed by atoms with Gasteiger partial charge in [0, 0.05) is 19.3 Å². The first-order valence-electron chi connectivity index (χ1n) is 25.8. The van der Waals surface area contributed by atoms with E-state index >= 15 is 0 Å². The Balaban J connectivity index is 4.33. The summed E-state index contributed by atoms with van der Waals surface area (Å²) in [4.78, 5) is 37.2. The maximum absolute atomic E-state index is 12.8. The van der Waals surface area contributed by atoms with Gasteiger partial charge in [-0.15, -0.1) is 0 Å². The van der Waals surface area contributed by atoms with Crippen molar-refractivity contribution in [3.05, 3.63) is 97.2 Å². The number of quaternary nitrogens is 1. The molecule has 0 fully saturated rings. The molecule has 0 heterocycles. The summed E-state index contributed by atoms with van der Waals surface area (Å²) in [5, 5.41) is 9.66. The van der Waals surface area contributed by atoms with Gasteiger partial charge in [-0.1, -0.05) is 188 Å². The van der Waals surface area contributed by atoms with Crippen molar-refractivity contribution in [2.75, 3.05) is 41.0 Å². The molecule has 2 atom stereocenters. The minimum absolute atomic E-state index is 0.0439. The zero-order chi connectivity index (χ0) is 47.7. The van der Waals surface area contributed by atoms with Crippen LogP contribution in [-0.2, 0) is 28.6 Å². The lowest BCUT2D eigenvalue weighted by Crippen LogP contribution is -2.50. The van der Waals surface area contributed by atoms with Gasteiger partial charge in [0.15, 0.2) is 12.1 Å². The van der Waals surface area contributed by atoms with Gasteiger partial charge in [0.25, 0.3) is 0 Å². The minimum atomic E-state index is -0.883. The quantitative estimate of drug-likeness (QED) is 0.0214. The smallest absolute Gasteiger partial charge is 0.362 e. The van der Waals surface area contributed by atoms with E-state index in [1.165, 1.54) is 51.4 Å². The summed E-state index contributed by atoms with van der Waals surface area (Å²) in [5.74, 6) is -1.51. The average molecular weight is 907 g/mol. The fourth-order valence-corrected chi connectivity index (χ4v) is 7.06. The molecule has 0 radical (unpaired) electrons. The van der Waals surface area contributed by atoms with Crippen molar-refractivity contribution in [3.63, 3.8) is 0 Å². The lowest BCUT2D eigenvalue weighted by Gasteiger charge is -2.31. The van der Waals surface area contributed by atoms with E-state index < -0.39 is 18.1 Å². The molecule has 0 aliphatic rings. The van der Waals surface area contributed by atoms with Gasteiger partial charge in [-0.05, 0) is 83.5 Å². The highest BCUT2D eigenvalue weighted by atomic mass is 16.6. The minimum Gasteiger partial charge on any atom is -0.477 e. The van der Waals surface area contributed by atoms with Gasteiger partial charge in [-0.3, -0.25) is 9.59 Å². The number of hydrogen-bond acceptors (Lipinski definition) is 6. The van der Waals surface area contributed by atoms with E-state index in [2.05, 4.69) is 111 Å². The first-order valence-corrected chi connectivity index (χ1v) is 25.8. The van der Waals surface area contributed by atoms with Gasteiger partial charge in [-0.25, -0.2) is 4.79 Å². The van der Waals surface area contributed by atoms with Crippen molar-refractivity contribution in [3.8, 4) is 0 Å². The Labute approximate surface area is 398 Å². The van der Waals surface area contributed by atoms with Crippen LogP contribution in [0.5, 0.6) is 0 Å². The summed E-state index contributed by atoms with van der Waals surface area (Å²) >= 11 is 0. The molecule has 0 aromatic carbocycles. The van der Waals surface area contributed by atoms with Crippen molar-refractivity contribution in [1.29, 1.82) is 0 Å². The van der Waals surface area contributed by atoms with Crippen molar-refractivity contribution >= 4 is 17.9 Å². The number of carbonyl (C=O) groups is 3. The predicted octanol–water partition coefficient (Wildman–Crippen LogP) is 15.0. The normalized spacial score (nSPS) is 13.7. The molecule has 0 rings (SSSR count). The molecule has 8 nitrogen and oxygen atoms in total. The summed E-state index contributed by atoms with van der Waals surface area (Å²) in [6.45, 7) is 4.57. The van der Waals surface area contributed by atoms with Crippen LogP contribution in [0.15, 0.2) is 97.2 Å². The number of allylic oxidation sites excluding steroid dienone is 16. The molecule has 0 amide bonds. The van der Waals surface area contributed by atoms with Gasteiger partial charge in [-0.2, -0.15) is 0 Å². The van der Waals surface area contributed by atoms with Crippen molar-refractivity contribution in [1.82, 2.24) is 0 Å². The first kappa shape index (κ1) is 61.2. The summed E-state index contributed by atoms with van der Waals surface area (Å²) in [6, 6.07) is -0.627. The number of hydrogen-bond donors (Lipinski definition) is 1. The molecule has 370 valence electrons. The van der Waals surface area contributed by atoms with E-state index in [0.717, 1.165) is 109 Å². The topological polar surface area (TPSA) is 99.1 Å². The van der Waals surface area contributed by atoms with Gasteiger partial charge >= 0.3 is 17.9 Å². The predicted molar refractivity (Wildman–Crippen MR) is 275 cm³/mol. The zero-order valence-electron chi connectivity index (χ0n) is 42.2. The maximum atomic E-state index is 12.8. The highest BCUT2D eigenvalue weighted by molar-refractivity contribution is 5.72. The SMILES string of the molecule is CC/C=C/C/C=C/C/C=C/C/C=C/C/C=C/CCCCCCCCCC(=O)OC(COCCC(C(=O)O)[N+](C)(C)C)COC(=O)CCCCCCC/C=C/C=C/C=C/CCCCCCC. The number of nitrogens with zero attached hydrogens (tertiary/aromatic N) is 1. The third-order valence-electron chi connectivity index (χ3n) is 11.0. The summed E-state index contributed by atoms with van der Waals surface area (Å²) < 4.78 is 17.3. The molecule has 0 aromatic heterocycles. The first-order chi connectivity index (χ1) is 31.6. The second kappa shape index (κ2) is 46.8. The van der Waals surface area contributed by atoms with Crippen LogP contribution < -0.4 is 0 Å². The molecule has 8 heteroatoms. The molecule has 2 unspecified atom stereocenters. The Kier molecular flexibility index (Phi) is 44.1. The van der Waals surface area contributed by atoms with E-state index in [-0.39, 0.29) is 36.2 Å². The summed E-state index contributed by atoms with van der Waals surface area (Å²) in [7, 11) is 5.52. The Morgan fingerprint density at radius 2 is 0.923 bits per heavy atom. The number of esters is 2. The molecule has 0 saturated carbocycles. The maximum Gasteiger partial charge on any atom is 0.362 e. The number of carbonyl (C=O) groups excluding carboxylic acids is 2. The Morgan fingerprint density at radius 3 is 1.40 bits per heavy atom. The standard InChI is InChI=1S/C57H95NO7/c1-6-8-10-12-14-16-18-20-22-24-26-27-28-29-30-32-34-36-38-40-42-44-46-48-56(60)65-53(51-63-50-49-54(57(61)62)58(3,4)5)52-64-55(59)47-45-43-41-39-37-35-33-31-25-23-21-19-17-15-13-11-9-7-2/h8,10,14,16,19-23,25-27,29-31,33,53-54H,6-7,9,11-13,15,17-18,24,28,32,34-52H2,1-5H3/p+1/b10-8+,16-14+,21-19+,22-20+,25-23+,27-26+,30-29+,33-31+. The van der Waals surface area contributed by atoms with Crippen molar-refractivity contribution < 1.29 is 38.2 Å². The lowest BCUT2D eigenvalue weighted by atomic mass is 10.1. The monoisotopic (exact) mass is 907 g/mol. The fourth-order valence-electron chi connectivity index (χ4n) is 7.06. The van der Waals surface area contributed by atoms with Crippen LogP contribution in [0, 0.1) is 0 Å². The zero-order valence-corrected chi connectivity index (χ0v) is 42.2. The van der Waals surface area contributed by atoms with E-state index in [1.54, 1.807) is 0 Å². The molecular weight excluding hydrogens is 811 g/mol. The number of unbranched alkanes of at least 4 members (excludes halogenated alkanes) is 17. The number of rotatable bonds is 45. The second-order valence-electron chi connectivity index (χ2n) is 18.1. The van der Waals surface area contributed by atoms with Crippen LogP contribution in [0.2, 0.25) is 0 Å². The molecule has 1 N–H and O–H groups in total. The molecule has 0 bridgehead atoms. The largest absolute Gasteiger partial charge is 0.477 e. The van der Waals surface area contributed by atoms with E-state index in [4.69, 9.17) is 14.2 Å². The van der Waals surface area contributed by atoms with E-state index in [0.29, 0.717) is 19.3 Å². The molecule has 0 saturated heterocycles. The van der Waals surface area contributed by atoms with Crippen LogP contribution in [0.25, 0.3) is 0 Å². The molecular formula is C57H96NO7+. The average Bonchev–Trinajstić information content (AvgIpc) is 3.27. The highest BCUT2D eigenvalue weighted by Crippen LogP contribution is 2.14. The lowest BCUT2D eigenvalue weighted by molar-refractivity contribution is -0.887. The molecule has 0 aliphatic heterocycles. The molecule has 0 aliphatic carbocycles. The third-order valence-corrected chi connectivity index (χ3v) is 11.0. The number of aliphatic carboxylic acids is 1. The van der Waals surface area contributed by atoms with Crippen LogP contribution >= 0.6 is 0 Å². The molecule has 0 spiro atoms. The Hall–Kier alpha value is -3.75. The summed E-state index contributed by atoms with van der Waals surface area (Å²) in [6.07, 6.45) is 63.1. The van der Waals surface area contributed by atoms with Crippen molar-refractivity contribution in [2.45, 2.75) is 206 Å². The van der Waals surface area contributed by atoms with E-state index in [9.17, 15) is 19.5 Å². The Bertz CT molecular complexity index is 1380. The summed E-state index contributed by atoms with van der Waals surface area (Å²) in [5.41, 5.74) is 0. The van der Waals surface area contributed by atoms with Crippen LogP contribution in [-0.4, -0.2) is 80.6 Å². The van der Waals surface area contributed by atoms with Gasteiger partial charge in [0.05, 0.1) is 34.4 Å². The second-order valence-corrected chi connectivity index (χ2v) is 18.1. The van der Waals surface area contributed by atoms with Gasteiger partial charge in [0.1, 0.15) is 6.61 Å². The van der Waals surface area contributed by atoms with Crippen LogP contribution in [0.3, 0.4) is 0 Å². The van der Waals surface area contributed by atoms with E-state index in [1.807, 2.05) is 21.1 Å². The molecule has 0 aromatic rings.